The summed E-state index contributed by atoms with van der Waals surface area (Å²) in [5.74, 6) is 0.583. The predicted molar refractivity (Wildman–Crippen MR) is 91.0 cm³/mol. The van der Waals surface area contributed by atoms with Crippen molar-refractivity contribution in [2.75, 3.05) is 16.8 Å². The summed E-state index contributed by atoms with van der Waals surface area (Å²) < 4.78 is 0. The van der Waals surface area contributed by atoms with Crippen molar-refractivity contribution in [2.24, 2.45) is 0 Å². The van der Waals surface area contributed by atoms with Crippen LogP contribution < -0.4 is 11.1 Å². The van der Waals surface area contributed by atoms with Gasteiger partial charge in [0.2, 0.25) is 5.91 Å². The highest BCUT2D eigenvalue weighted by Gasteiger charge is 2.08. The van der Waals surface area contributed by atoms with E-state index in [1.165, 1.54) is 23.5 Å². The van der Waals surface area contributed by atoms with Crippen LogP contribution in [0.15, 0.2) is 35.6 Å². The first-order valence-corrected chi connectivity index (χ1v) is 8.03. The molecule has 2 aromatic rings. The Hall–Kier alpha value is -2.59. The monoisotopic (exact) mass is 327 g/mol. The van der Waals surface area contributed by atoms with Gasteiger partial charge in [-0.15, -0.1) is 0 Å². The number of nitrogen functional groups attached to an aromatic ring is 1. The Morgan fingerprint density at radius 1 is 1.39 bits per heavy atom. The Kier molecular flexibility index (Phi) is 5.55. The molecule has 0 radical (unpaired) electrons. The van der Waals surface area contributed by atoms with Gasteiger partial charge in [0.05, 0.1) is 11.9 Å². The van der Waals surface area contributed by atoms with Crippen molar-refractivity contribution in [1.82, 2.24) is 9.97 Å². The molecular weight excluding hydrogens is 310 g/mol. The van der Waals surface area contributed by atoms with Gasteiger partial charge < -0.3 is 11.1 Å². The van der Waals surface area contributed by atoms with E-state index in [1.54, 1.807) is 0 Å². The number of hydrogen-bond acceptors (Lipinski definition) is 6. The van der Waals surface area contributed by atoms with Gasteiger partial charge in [0.15, 0.2) is 5.16 Å². The number of carbonyl (C=O) groups is 1. The van der Waals surface area contributed by atoms with E-state index in [9.17, 15) is 4.79 Å². The minimum Gasteiger partial charge on any atom is -0.382 e. The van der Waals surface area contributed by atoms with Crippen LogP contribution in [-0.2, 0) is 4.79 Å². The average molecular weight is 327 g/mol. The van der Waals surface area contributed by atoms with Crippen molar-refractivity contribution in [3.8, 4) is 6.07 Å². The van der Waals surface area contributed by atoms with E-state index < -0.39 is 0 Å². The molecule has 0 aliphatic carbocycles. The van der Waals surface area contributed by atoms with Gasteiger partial charge in [-0.05, 0) is 23.6 Å². The van der Waals surface area contributed by atoms with Crippen LogP contribution in [0.2, 0.25) is 0 Å². The summed E-state index contributed by atoms with van der Waals surface area (Å²) in [6, 6.07) is 9.66. The number of amides is 1. The summed E-state index contributed by atoms with van der Waals surface area (Å²) in [6.45, 7) is 4.24. The first-order chi connectivity index (χ1) is 11.0. The fourth-order valence-corrected chi connectivity index (χ4v) is 2.43. The first kappa shape index (κ1) is 16.8. The smallest absolute Gasteiger partial charge is 0.234 e. The zero-order valence-corrected chi connectivity index (χ0v) is 13.7. The third-order valence-corrected chi connectivity index (χ3v) is 3.97. The van der Waals surface area contributed by atoms with E-state index in [1.807, 2.05) is 30.3 Å². The van der Waals surface area contributed by atoms with Crippen LogP contribution in [0.25, 0.3) is 0 Å². The van der Waals surface area contributed by atoms with Gasteiger partial charge >= 0.3 is 0 Å². The van der Waals surface area contributed by atoms with Crippen LogP contribution in [0.4, 0.5) is 11.5 Å². The Morgan fingerprint density at radius 2 is 2.09 bits per heavy atom. The van der Waals surface area contributed by atoms with Crippen molar-refractivity contribution in [3.05, 3.63) is 41.6 Å². The lowest BCUT2D eigenvalue weighted by molar-refractivity contribution is -0.113. The molecule has 0 bridgehead atoms. The van der Waals surface area contributed by atoms with Gasteiger partial charge in [-0.2, -0.15) is 5.26 Å². The quantitative estimate of drug-likeness (QED) is 0.646. The Balaban J connectivity index is 1.90. The first-order valence-electron chi connectivity index (χ1n) is 7.05. The molecule has 2 rings (SSSR count). The lowest BCUT2D eigenvalue weighted by atomic mass is 10.0. The number of nitrogens with two attached hydrogens (primary N) is 1. The summed E-state index contributed by atoms with van der Waals surface area (Å²) in [4.78, 5) is 19.9. The van der Waals surface area contributed by atoms with Crippen LogP contribution in [-0.4, -0.2) is 21.6 Å². The number of aromatic nitrogens is 2. The minimum atomic E-state index is -0.154. The van der Waals surface area contributed by atoms with Gasteiger partial charge in [-0.25, -0.2) is 9.97 Å². The van der Waals surface area contributed by atoms with Crippen LogP contribution in [0, 0.1) is 11.3 Å². The van der Waals surface area contributed by atoms with E-state index in [-0.39, 0.29) is 23.0 Å². The molecule has 118 valence electrons. The summed E-state index contributed by atoms with van der Waals surface area (Å²) >= 11 is 1.17. The molecule has 1 heterocycles. The summed E-state index contributed by atoms with van der Waals surface area (Å²) in [5, 5.41) is 11.9. The third-order valence-electron chi connectivity index (χ3n) is 3.11. The van der Waals surface area contributed by atoms with Gasteiger partial charge in [0.25, 0.3) is 0 Å². The molecule has 0 aliphatic rings. The molecule has 23 heavy (non-hydrogen) atoms. The zero-order chi connectivity index (χ0) is 16.8. The molecule has 0 fully saturated rings. The van der Waals surface area contributed by atoms with Crippen LogP contribution in [0.1, 0.15) is 30.9 Å². The molecule has 3 N–H and O–H groups in total. The number of nitrogens with zero attached hydrogens (tertiary/aromatic N) is 3. The Morgan fingerprint density at radius 3 is 2.65 bits per heavy atom. The molecule has 1 aromatic carbocycles. The van der Waals surface area contributed by atoms with Crippen molar-refractivity contribution < 1.29 is 4.79 Å². The maximum Gasteiger partial charge on any atom is 0.234 e. The normalized spacial score (nSPS) is 10.3. The SMILES string of the molecule is CC(C)c1ccc(NC(=O)CSc2ncc(C#N)c(N)n2)cc1. The molecule has 1 aromatic heterocycles. The molecule has 0 atom stereocenters. The minimum absolute atomic E-state index is 0.120. The number of rotatable bonds is 5. The second-order valence-electron chi connectivity index (χ2n) is 5.18. The number of benzene rings is 1. The maximum absolute atomic E-state index is 11.9. The van der Waals surface area contributed by atoms with E-state index in [2.05, 4.69) is 29.1 Å². The van der Waals surface area contributed by atoms with E-state index >= 15 is 0 Å². The van der Waals surface area contributed by atoms with Gasteiger partial charge in [-0.1, -0.05) is 37.7 Å². The molecule has 0 saturated carbocycles. The zero-order valence-electron chi connectivity index (χ0n) is 12.9. The summed E-state index contributed by atoms with van der Waals surface area (Å²) in [6.07, 6.45) is 1.35. The van der Waals surface area contributed by atoms with E-state index in [0.29, 0.717) is 11.1 Å². The number of anilines is 2. The number of thioether (sulfide) groups is 1. The maximum atomic E-state index is 11.9. The Bertz CT molecular complexity index is 737. The molecule has 0 unspecified atom stereocenters. The number of nitrogens with one attached hydrogen (secondary N) is 1. The van der Waals surface area contributed by atoms with Crippen LogP contribution in [0.3, 0.4) is 0 Å². The number of carbonyl (C=O) groups excluding carboxylic acids is 1. The van der Waals surface area contributed by atoms with Crippen molar-refractivity contribution in [1.29, 1.82) is 5.26 Å². The molecule has 7 heteroatoms. The van der Waals surface area contributed by atoms with Crippen molar-refractivity contribution in [3.63, 3.8) is 0 Å². The summed E-state index contributed by atoms with van der Waals surface area (Å²) in [5.41, 5.74) is 7.81. The lowest BCUT2D eigenvalue weighted by Crippen LogP contribution is -2.14. The van der Waals surface area contributed by atoms with Gasteiger partial charge in [0, 0.05) is 5.69 Å². The van der Waals surface area contributed by atoms with Gasteiger partial charge in [0.1, 0.15) is 17.5 Å². The second-order valence-corrected chi connectivity index (χ2v) is 6.12. The summed E-state index contributed by atoms with van der Waals surface area (Å²) in [7, 11) is 0. The molecular formula is C16H17N5OS. The largest absolute Gasteiger partial charge is 0.382 e. The molecule has 1 amide bonds. The molecule has 0 spiro atoms. The van der Waals surface area contributed by atoms with Crippen LogP contribution in [0.5, 0.6) is 0 Å². The predicted octanol–water partition coefficient (Wildman–Crippen LogP) is 2.78. The van der Waals surface area contributed by atoms with Crippen LogP contribution >= 0.6 is 11.8 Å². The highest BCUT2D eigenvalue weighted by Crippen LogP contribution is 2.19. The molecule has 0 saturated heterocycles. The fraction of sp³-hybridized carbons (Fsp3) is 0.250. The Labute approximate surface area is 139 Å². The van der Waals surface area contributed by atoms with Crippen molar-refractivity contribution in [2.45, 2.75) is 24.9 Å². The standard InChI is InChI=1S/C16H17N5OS/c1-10(2)11-3-5-13(6-4-11)20-14(22)9-23-16-19-8-12(7-17)15(18)21-16/h3-6,8,10H,9H2,1-2H3,(H,20,22)(H2,18,19,21). The van der Waals surface area contributed by atoms with E-state index in [0.717, 1.165) is 5.69 Å². The van der Waals surface area contributed by atoms with Gasteiger partial charge in [-0.3, -0.25) is 4.79 Å². The highest BCUT2D eigenvalue weighted by molar-refractivity contribution is 7.99. The second kappa shape index (κ2) is 7.61. The third kappa shape index (κ3) is 4.69. The average Bonchev–Trinajstić information content (AvgIpc) is 2.53. The number of hydrogen-bond donors (Lipinski definition) is 2. The fourth-order valence-electron chi connectivity index (χ4n) is 1.81. The number of nitriles is 1. The topological polar surface area (TPSA) is 105 Å². The highest BCUT2D eigenvalue weighted by atomic mass is 32.2. The van der Waals surface area contributed by atoms with E-state index in [4.69, 9.17) is 11.0 Å². The van der Waals surface area contributed by atoms with Crippen molar-refractivity contribution >= 4 is 29.2 Å². The lowest BCUT2D eigenvalue weighted by Gasteiger charge is -2.08. The molecule has 0 aliphatic heterocycles. The molecule has 6 nitrogen and oxygen atoms in total.